The lowest BCUT2D eigenvalue weighted by Crippen LogP contribution is -2.26. The molecule has 14 aromatic rings. The highest BCUT2D eigenvalue weighted by atomic mass is 35.5. The molecule has 14 rings (SSSR count). The molecule has 0 bridgehead atoms. The molecule has 0 spiro atoms. The van der Waals surface area contributed by atoms with Crippen molar-refractivity contribution in [1.29, 1.82) is 0 Å². The van der Waals surface area contributed by atoms with E-state index in [4.69, 9.17) is 46.2 Å². The van der Waals surface area contributed by atoms with Crippen molar-refractivity contribution in [2.45, 2.75) is 146 Å². The van der Waals surface area contributed by atoms with Gasteiger partial charge < -0.3 is 55.9 Å². The summed E-state index contributed by atoms with van der Waals surface area (Å²) in [5, 5.41) is 51.5. The number of carboxylic acids is 4. The fourth-order valence-corrected chi connectivity index (χ4v) is 16.1. The number of carbonyl (C=O) groups is 8. The van der Waals surface area contributed by atoms with Crippen LogP contribution in [0.3, 0.4) is 0 Å². The maximum Gasteiger partial charge on any atom is 0.433 e. The molecule has 0 radical (unpaired) electrons. The predicted molar refractivity (Wildman–Crippen MR) is 531 cm³/mol. The number of unbranched alkanes of at least 4 members (excludes halogenated alkanes) is 2. The van der Waals surface area contributed by atoms with Gasteiger partial charge in [-0.3, -0.25) is 38.4 Å². The van der Waals surface area contributed by atoms with Crippen LogP contribution in [0.25, 0.3) is 43.4 Å². The van der Waals surface area contributed by atoms with E-state index >= 15 is 0 Å². The number of benzene rings is 12. The van der Waals surface area contributed by atoms with Crippen LogP contribution in [0.5, 0.6) is 17.4 Å². The molecule has 0 saturated heterocycles. The third kappa shape index (κ3) is 34.1. The second-order valence-corrected chi connectivity index (χ2v) is 34.5. The minimum atomic E-state index is -4.62. The Balaban J connectivity index is 0.000000182. The molecule has 0 aliphatic carbocycles. The average Bonchev–Trinajstić information content (AvgIpc) is 0.806. The molecule has 2 heterocycles. The molecule has 4 atom stereocenters. The normalized spacial score (nSPS) is 12.2. The minimum absolute atomic E-state index is 0.0133. The van der Waals surface area contributed by atoms with E-state index in [1.807, 2.05) is 97.1 Å². The van der Waals surface area contributed by atoms with Gasteiger partial charge >= 0.3 is 42.4 Å². The monoisotopic (exact) mass is 1980 g/mol. The van der Waals surface area contributed by atoms with E-state index in [9.17, 15) is 77.9 Å². The van der Waals surface area contributed by atoms with Gasteiger partial charge in [0.05, 0.1) is 57.0 Å². The van der Waals surface area contributed by atoms with Crippen molar-refractivity contribution in [3.8, 4) is 17.4 Å². The maximum atomic E-state index is 13.1. The van der Waals surface area contributed by atoms with Gasteiger partial charge in [0.15, 0.2) is 0 Å². The quantitative estimate of drug-likeness (QED) is 0.0130. The van der Waals surface area contributed by atoms with Crippen LogP contribution in [0, 0.1) is 0 Å². The van der Waals surface area contributed by atoms with Crippen molar-refractivity contribution in [3.05, 3.63) is 374 Å². The summed E-state index contributed by atoms with van der Waals surface area (Å²) in [5.41, 5.74) is 10.5. The first-order valence-corrected chi connectivity index (χ1v) is 46.9. The van der Waals surface area contributed by atoms with Crippen LogP contribution in [0.4, 0.5) is 39.5 Å². The number of ether oxygens (including phenoxy) is 3. The molecular weight excluding hydrogens is 1880 g/mol. The van der Waals surface area contributed by atoms with E-state index in [-0.39, 0.29) is 99.4 Å². The van der Waals surface area contributed by atoms with Gasteiger partial charge in [0.1, 0.15) is 17.2 Å². The Morgan fingerprint density at radius 1 is 0.343 bits per heavy atom. The number of methoxy groups -OCH3 is 1. The van der Waals surface area contributed by atoms with Crippen LogP contribution in [-0.4, -0.2) is 137 Å². The highest BCUT2D eigenvalue weighted by Gasteiger charge is 2.35. The fourth-order valence-electron chi connectivity index (χ4n) is 16.0. The first-order valence-electron chi connectivity index (χ1n) is 46.5. The van der Waals surface area contributed by atoms with Crippen molar-refractivity contribution in [1.82, 2.24) is 31.2 Å². The summed E-state index contributed by atoms with van der Waals surface area (Å²) in [6.45, 7) is 5.63. The summed E-state index contributed by atoms with van der Waals surface area (Å²) in [5.74, 6) is -4.39. The zero-order valence-electron chi connectivity index (χ0n) is 78.5. The summed E-state index contributed by atoms with van der Waals surface area (Å²) in [6, 6.07) is 86.2. The van der Waals surface area contributed by atoms with Crippen molar-refractivity contribution in [2.75, 3.05) is 46.5 Å². The van der Waals surface area contributed by atoms with E-state index in [0.717, 1.165) is 112 Å². The van der Waals surface area contributed by atoms with Gasteiger partial charge in [-0.15, -0.1) is 0 Å². The van der Waals surface area contributed by atoms with Crippen molar-refractivity contribution in [3.63, 3.8) is 0 Å². The number of hydrogen-bond acceptors (Lipinski definition) is 13. The number of alkyl halides is 9. The van der Waals surface area contributed by atoms with Gasteiger partial charge in [-0.1, -0.05) is 196 Å². The number of aromatic nitrogens is 2. The smallest absolute Gasteiger partial charge is 0.433 e. The lowest BCUT2D eigenvalue weighted by Gasteiger charge is -2.20. The number of rotatable bonds is 41. The highest BCUT2D eigenvalue weighted by Crippen LogP contribution is 2.41. The summed E-state index contributed by atoms with van der Waals surface area (Å²) in [6.07, 6.45) is -10.8. The summed E-state index contributed by atoms with van der Waals surface area (Å²) in [7, 11) is 1.66. The van der Waals surface area contributed by atoms with Gasteiger partial charge in [0, 0.05) is 107 Å². The first kappa shape index (κ1) is 108. The second kappa shape index (κ2) is 52.3. The number of carbonyl (C=O) groups excluding carboxylic acids is 4. The van der Waals surface area contributed by atoms with E-state index in [1.54, 1.807) is 49.6 Å². The second-order valence-electron chi connectivity index (χ2n) is 34.0. The summed E-state index contributed by atoms with van der Waals surface area (Å²) in [4.78, 5) is 99.8. The highest BCUT2D eigenvalue weighted by molar-refractivity contribution is 6.30. The first-order chi connectivity index (χ1) is 68.4. The molecule has 746 valence electrons. The molecule has 0 aliphatic rings. The number of nitrogens with one attached hydrogen (secondary N) is 4. The molecule has 0 saturated carbocycles. The number of carboxylic acid groups (broad SMARTS) is 4. The van der Waals surface area contributed by atoms with Crippen LogP contribution in [0.15, 0.2) is 285 Å². The third-order valence-corrected chi connectivity index (χ3v) is 23.8. The molecular formula is C112H108ClF9N6O15. The fraction of sp³-hybridized carbons (Fsp3) is 0.268. The van der Waals surface area contributed by atoms with Crippen molar-refractivity contribution < 1.29 is 113 Å². The third-order valence-electron chi connectivity index (χ3n) is 23.6. The molecule has 143 heavy (non-hydrogen) atoms. The number of amides is 4. The molecule has 0 fully saturated rings. The molecule has 4 unspecified atom stereocenters. The number of pyridine rings is 2. The molecule has 31 heteroatoms. The van der Waals surface area contributed by atoms with E-state index in [0.29, 0.717) is 67.4 Å². The number of nitrogens with zero attached hydrogens (tertiary/aromatic N) is 2. The Morgan fingerprint density at radius 3 is 1.05 bits per heavy atom. The summed E-state index contributed by atoms with van der Waals surface area (Å²) < 4.78 is 134. The van der Waals surface area contributed by atoms with Gasteiger partial charge in [0.2, 0.25) is 5.88 Å². The molecule has 0 aliphatic heterocycles. The van der Waals surface area contributed by atoms with E-state index in [2.05, 4.69) is 124 Å². The largest absolute Gasteiger partial charge is 0.497 e. The Labute approximate surface area is 825 Å². The average molecular weight is 1980 g/mol. The minimum Gasteiger partial charge on any atom is -0.497 e. The SMILES string of the molecule is CCCCOc1ccc2cc(C(CCC(F)(F)F)c3ccc(C(=O)NCCC(=O)O)cc3)ccc2n1.CCCCOc1ccc2cc(C(Cc3ccccc3)c3ccc(C(=O)NCCC(=O)O)cc3)ccc2c1.COc1ccc2cc(C(Cc3ccc(Cl)cc3)c3ccc(C(=O)NCCC(=O)O)cc3)ccc2c1.O=C(O)CCNC(=O)c1ccc(C(CCC(F)(F)F)c2ccc3nc(C(F)(F)F)ccc3c2)cc1. The molecule has 2 aromatic heterocycles. The van der Waals surface area contributed by atoms with E-state index < -0.39 is 84.6 Å². The van der Waals surface area contributed by atoms with Crippen LogP contribution in [0.2, 0.25) is 5.02 Å². The van der Waals surface area contributed by atoms with Gasteiger partial charge in [-0.25, -0.2) is 9.97 Å². The van der Waals surface area contributed by atoms with E-state index in [1.165, 1.54) is 71.8 Å². The van der Waals surface area contributed by atoms with Gasteiger partial charge in [-0.05, 0) is 237 Å². The molecule has 4 amide bonds. The number of fused-ring (bicyclic) bond motifs is 4. The van der Waals surface area contributed by atoms with Crippen molar-refractivity contribution in [2.24, 2.45) is 0 Å². The van der Waals surface area contributed by atoms with Crippen molar-refractivity contribution >= 4 is 102 Å². The van der Waals surface area contributed by atoms with Crippen LogP contribution >= 0.6 is 11.6 Å². The number of halogens is 10. The Kier molecular flexibility index (Phi) is 39.6. The standard InChI is InChI=1S/C32H33NO4.C29H26ClNO4.C27H29F3N2O4.C24H20F6N2O3/c1-2-3-19-37-29-16-15-26-21-28(14-13-27(26)22-29)30(20-23-7-5-4-6-8-23)24-9-11-25(12-10-24)32(36)33-18-17-31(34)35;1-35-26-13-10-22-17-24(9-8-23(22)18-26)27(16-19-2-11-25(30)12-3-19)20-4-6-21(7-5-20)29(34)31-15-14-28(32)33;1-2-3-16-36-24-11-9-21-17-20(8-10-23(21)32-24)22(12-14-27(28,29)30)18-4-6-19(7-5-18)26(35)31-15-13-25(33)34;25-23(26,27)11-9-18(14-1-3-15(4-2-14)22(35)31-12-10-21(33)34)16-5-7-19-17(13-16)6-8-20(32-19)24(28,29)30/h4-16,21-22,30H,2-3,17-20H2,1H3,(H,33,36)(H,34,35);2-13,17-18,27H,14-16H2,1H3,(H,31,34)(H,32,33);4-11,17,22H,2-3,12-16H2,1H3,(H,31,35)(H,33,34);1-8,13,18H,9-12H2,(H,31,35)(H,33,34). The number of hydrogen-bond donors (Lipinski definition) is 8. The maximum absolute atomic E-state index is 13.1. The number of aliphatic carboxylic acids is 4. The predicted octanol–water partition coefficient (Wildman–Crippen LogP) is 24.7. The van der Waals surface area contributed by atoms with Crippen LogP contribution in [0.1, 0.15) is 217 Å². The molecule has 12 aromatic carbocycles. The molecule has 8 N–H and O–H groups in total. The topological polar surface area (TPSA) is 319 Å². The van der Waals surface area contributed by atoms with Crippen LogP contribution in [-0.2, 0) is 38.2 Å². The summed E-state index contributed by atoms with van der Waals surface area (Å²) >= 11 is 6.09. The zero-order valence-corrected chi connectivity index (χ0v) is 79.3. The zero-order chi connectivity index (χ0) is 103. The van der Waals surface area contributed by atoms with Crippen LogP contribution < -0.4 is 35.5 Å². The molecule has 21 nitrogen and oxygen atoms in total. The van der Waals surface area contributed by atoms with Gasteiger partial charge in [0.25, 0.3) is 23.6 Å². The van der Waals surface area contributed by atoms with Gasteiger partial charge in [-0.2, -0.15) is 39.5 Å². The Bertz CT molecular complexity index is 6660. The lowest BCUT2D eigenvalue weighted by molar-refractivity contribution is -0.141. The lowest BCUT2D eigenvalue weighted by atomic mass is 9.84. The Hall–Kier alpha value is -15.2. The Morgan fingerprint density at radius 2 is 0.664 bits per heavy atom.